The van der Waals surface area contributed by atoms with Gasteiger partial charge >= 0.3 is 12.4 Å². The van der Waals surface area contributed by atoms with Crippen LogP contribution in [-0.4, -0.2) is 29.8 Å². The summed E-state index contributed by atoms with van der Waals surface area (Å²) in [5, 5.41) is 0. The summed E-state index contributed by atoms with van der Waals surface area (Å²) in [6, 6.07) is 6.52. The molecule has 1 unspecified atom stereocenters. The van der Waals surface area contributed by atoms with Crippen molar-refractivity contribution in [1.82, 2.24) is 0 Å². The lowest BCUT2D eigenvalue weighted by Crippen LogP contribution is -2.49. The molecule has 0 aliphatic carbocycles. The SMILES string of the molecule is CC(C)Cc1cccc(CC(=O)C2OC2(C(F)(F)F)C(F)(F)F)c1. The molecule has 1 aromatic carbocycles. The molecule has 1 fully saturated rings. The van der Waals surface area contributed by atoms with Crippen molar-refractivity contribution in [2.45, 2.75) is 50.7 Å². The molecule has 1 atom stereocenters. The lowest BCUT2D eigenvalue weighted by molar-refractivity contribution is -0.292. The van der Waals surface area contributed by atoms with Crippen molar-refractivity contribution in [3.05, 3.63) is 35.4 Å². The Balaban J connectivity index is 2.14. The molecule has 1 aliphatic rings. The smallest absolute Gasteiger partial charge is 0.340 e. The predicted molar refractivity (Wildman–Crippen MR) is 73.4 cm³/mol. The minimum Gasteiger partial charge on any atom is -0.340 e. The number of ketones is 1. The summed E-state index contributed by atoms with van der Waals surface area (Å²) >= 11 is 0. The van der Waals surface area contributed by atoms with Gasteiger partial charge in [-0.3, -0.25) is 4.79 Å². The van der Waals surface area contributed by atoms with Gasteiger partial charge in [0.1, 0.15) is 0 Å². The van der Waals surface area contributed by atoms with E-state index >= 15 is 0 Å². The van der Waals surface area contributed by atoms with E-state index in [-0.39, 0.29) is 0 Å². The lowest BCUT2D eigenvalue weighted by atomic mass is 9.95. The van der Waals surface area contributed by atoms with Gasteiger partial charge in [-0.2, -0.15) is 26.3 Å². The molecule has 1 saturated heterocycles. The zero-order valence-corrected chi connectivity index (χ0v) is 13.0. The Labute approximate surface area is 134 Å². The molecule has 0 bridgehead atoms. The Kier molecular flexibility index (Phi) is 4.74. The highest BCUT2D eigenvalue weighted by Crippen LogP contribution is 2.59. The van der Waals surface area contributed by atoms with Crippen LogP contribution in [0.1, 0.15) is 25.0 Å². The fraction of sp³-hybridized carbons (Fsp3) is 0.562. The summed E-state index contributed by atoms with van der Waals surface area (Å²) in [7, 11) is 0. The number of hydrogen-bond donors (Lipinski definition) is 0. The van der Waals surface area contributed by atoms with Gasteiger partial charge in [-0.05, 0) is 23.5 Å². The Morgan fingerprint density at radius 3 is 2.12 bits per heavy atom. The molecule has 0 N–H and O–H groups in total. The Morgan fingerprint density at radius 2 is 1.67 bits per heavy atom. The van der Waals surface area contributed by atoms with Gasteiger partial charge < -0.3 is 4.74 Å². The van der Waals surface area contributed by atoms with E-state index in [9.17, 15) is 31.1 Å². The van der Waals surface area contributed by atoms with Crippen LogP contribution in [0.2, 0.25) is 0 Å². The van der Waals surface area contributed by atoms with E-state index in [2.05, 4.69) is 4.74 Å². The topological polar surface area (TPSA) is 29.6 Å². The number of epoxide rings is 1. The zero-order chi connectivity index (χ0) is 18.3. The number of rotatable bonds is 5. The summed E-state index contributed by atoms with van der Waals surface area (Å²) in [5.74, 6) is -0.905. The molecule has 8 heteroatoms. The second-order valence-electron chi connectivity index (χ2n) is 6.29. The summed E-state index contributed by atoms with van der Waals surface area (Å²) in [5.41, 5.74) is -3.14. The van der Waals surface area contributed by atoms with E-state index in [1.807, 2.05) is 13.8 Å². The Bertz CT molecular complexity index is 604. The summed E-state index contributed by atoms with van der Waals surface area (Å²) in [6.07, 6.45) is -13.8. The standard InChI is InChI=1S/C16H16F6O2/c1-9(2)6-10-4-3-5-11(7-10)8-12(23)13-14(24-13,15(17,18)19)16(20,21)22/h3-5,7,9,13H,6,8H2,1-2H3. The minimum absolute atomic E-state index is 0.325. The van der Waals surface area contributed by atoms with Gasteiger partial charge in [0.05, 0.1) is 0 Å². The van der Waals surface area contributed by atoms with E-state index < -0.39 is 36.3 Å². The second-order valence-corrected chi connectivity index (χ2v) is 6.29. The Hall–Kier alpha value is -1.57. The van der Waals surface area contributed by atoms with Crippen LogP contribution in [0.5, 0.6) is 0 Å². The van der Waals surface area contributed by atoms with Gasteiger partial charge in [0.25, 0.3) is 5.60 Å². The van der Waals surface area contributed by atoms with E-state index in [0.717, 1.165) is 5.56 Å². The number of Topliss-reactive ketones (excluding diaryl/α,β-unsaturated/α-hetero) is 1. The second kappa shape index (κ2) is 6.06. The zero-order valence-electron chi connectivity index (χ0n) is 13.0. The van der Waals surface area contributed by atoms with Crippen molar-refractivity contribution < 1.29 is 35.9 Å². The van der Waals surface area contributed by atoms with Crippen molar-refractivity contribution >= 4 is 5.78 Å². The number of hydrogen-bond acceptors (Lipinski definition) is 2. The van der Waals surface area contributed by atoms with Crippen molar-refractivity contribution in [2.75, 3.05) is 0 Å². The van der Waals surface area contributed by atoms with Gasteiger partial charge in [-0.1, -0.05) is 38.1 Å². The first kappa shape index (κ1) is 18.8. The number of ether oxygens (including phenoxy) is 1. The Morgan fingerprint density at radius 1 is 1.12 bits per heavy atom. The van der Waals surface area contributed by atoms with Gasteiger partial charge in [0.2, 0.25) is 0 Å². The van der Waals surface area contributed by atoms with Crippen LogP contribution in [0, 0.1) is 5.92 Å². The number of carbonyl (C=O) groups is 1. The number of carbonyl (C=O) groups excluding carboxylic acids is 1. The van der Waals surface area contributed by atoms with Crippen LogP contribution >= 0.6 is 0 Å². The fourth-order valence-corrected chi connectivity index (χ4v) is 2.67. The molecular weight excluding hydrogens is 338 g/mol. The average molecular weight is 354 g/mol. The quantitative estimate of drug-likeness (QED) is 0.584. The molecule has 0 amide bonds. The van der Waals surface area contributed by atoms with E-state index in [4.69, 9.17) is 0 Å². The predicted octanol–water partition coefficient (Wildman–Crippen LogP) is 4.26. The van der Waals surface area contributed by atoms with Crippen molar-refractivity contribution in [3.63, 3.8) is 0 Å². The molecule has 0 saturated carbocycles. The normalized spacial score (nSPS) is 20.3. The molecule has 1 aromatic rings. The van der Waals surface area contributed by atoms with Crippen LogP contribution in [0.3, 0.4) is 0 Å². The van der Waals surface area contributed by atoms with Crippen LogP contribution in [-0.2, 0) is 22.4 Å². The lowest BCUT2D eigenvalue weighted by Gasteiger charge is -2.19. The minimum atomic E-state index is -5.69. The van der Waals surface area contributed by atoms with Gasteiger partial charge in [-0.15, -0.1) is 0 Å². The molecule has 134 valence electrons. The highest BCUT2D eigenvalue weighted by Gasteiger charge is 2.88. The molecule has 1 heterocycles. The first-order valence-electron chi connectivity index (χ1n) is 7.30. The van der Waals surface area contributed by atoms with E-state index in [1.165, 1.54) is 6.07 Å². The van der Waals surface area contributed by atoms with E-state index in [1.54, 1.807) is 18.2 Å². The van der Waals surface area contributed by atoms with Crippen LogP contribution in [0.25, 0.3) is 0 Å². The first-order valence-corrected chi connectivity index (χ1v) is 7.30. The first-order chi connectivity index (χ1) is 10.9. The molecule has 0 spiro atoms. The molecule has 0 aromatic heterocycles. The fourth-order valence-electron chi connectivity index (χ4n) is 2.67. The van der Waals surface area contributed by atoms with Crippen LogP contribution < -0.4 is 0 Å². The number of benzene rings is 1. The maximum atomic E-state index is 12.8. The van der Waals surface area contributed by atoms with E-state index in [0.29, 0.717) is 17.9 Å². The summed E-state index contributed by atoms with van der Waals surface area (Å²) in [4.78, 5) is 11.9. The van der Waals surface area contributed by atoms with Crippen LogP contribution in [0.15, 0.2) is 24.3 Å². The molecule has 2 rings (SSSR count). The maximum Gasteiger partial charge on any atom is 0.429 e. The molecule has 0 radical (unpaired) electrons. The highest BCUT2D eigenvalue weighted by atomic mass is 19.4. The summed E-state index contributed by atoms with van der Waals surface area (Å²) < 4.78 is 80.4. The van der Waals surface area contributed by atoms with Gasteiger partial charge in [-0.25, -0.2) is 0 Å². The van der Waals surface area contributed by atoms with Crippen molar-refractivity contribution in [3.8, 4) is 0 Å². The molecule has 24 heavy (non-hydrogen) atoms. The molecule has 2 nitrogen and oxygen atoms in total. The monoisotopic (exact) mass is 354 g/mol. The number of halogens is 6. The molecule has 1 aliphatic heterocycles. The van der Waals surface area contributed by atoms with Crippen molar-refractivity contribution in [2.24, 2.45) is 5.92 Å². The van der Waals surface area contributed by atoms with Gasteiger partial charge in [0, 0.05) is 6.42 Å². The average Bonchev–Trinajstić information content (AvgIpc) is 3.13. The highest BCUT2D eigenvalue weighted by molar-refractivity contribution is 5.89. The third-order valence-corrected chi connectivity index (χ3v) is 3.76. The third-order valence-electron chi connectivity index (χ3n) is 3.76. The molecular formula is C16H16F6O2. The summed E-state index contributed by atoms with van der Waals surface area (Å²) in [6.45, 7) is 3.94. The maximum absolute atomic E-state index is 12.8. The number of alkyl halides is 6. The third kappa shape index (κ3) is 3.43. The van der Waals surface area contributed by atoms with Crippen molar-refractivity contribution in [1.29, 1.82) is 0 Å². The van der Waals surface area contributed by atoms with Gasteiger partial charge in [0.15, 0.2) is 11.9 Å². The largest absolute Gasteiger partial charge is 0.429 e. The van der Waals surface area contributed by atoms with Crippen LogP contribution in [0.4, 0.5) is 26.3 Å².